The summed E-state index contributed by atoms with van der Waals surface area (Å²) in [4.78, 5) is 0. The standard InChI is InChI=1S/C12H13ClO3/c13-10-1-2-11-9(6-15-7-16-11)8(10)5-12(14)3-4-12/h1-2,14H,3-7H2. The van der Waals surface area contributed by atoms with Gasteiger partial charge in [-0.1, -0.05) is 11.6 Å². The number of halogens is 1. The van der Waals surface area contributed by atoms with Crippen LogP contribution in [0.5, 0.6) is 5.75 Å². The maximum absolute atomic E-state index is 9.97. The first kappa shape index (κ1) is 10.4. The average Bonchev–Trinajstić information content (AvgIpc) is 3.01. The fourth-order valence-corrected chi connectivity index (χ4v) is 2.27. The Morgan fingerprint density at radius 3 is 2.94 bits per heavy atom. The molecule has 0 amide bonds. The van der Waals surface area contributed by atoms with E-state index in [9.17, 15) is 5.11 Å². The van der Waals surface area contributed by atoms with E-state index in [-0.39, 0.29) is 0 Å². The largest absolute Gasteiger partial charge is 0.467 e. The Hall–Kier alpha value is -0.770. The smallest absolute Gasteiger partial charge is 0.189 e. The van der Waals surface area contributed by atoms with Gasteiger partial charge in [0.25, 0.3) is 0 Å². The molecule has 1 aromatic carbocycles. The van der Waals surface area contributed by atoms with Crippen molar-refractivity contribution in [3.8, 4) is 5.75 Å². The molecular formula is C12H13ClO3. The summed E-state index contributed by atoms with van der Waals surface area (Å²) in [6.45, 7) is 0.805. The molecule has 0 bridgehead atoms. The van der Waals surface area contributed by atoms with Crippen LogP contribution in [0.15, 0.2) is 12.1 Å². The molecule has 1 aliphatic heterocycles. The second kappa shape index (κ2) is 3.62. The molecule has 1 saturated carbocycles. The average molecular weight is 241 g/mol. The normalized spacial score (nSPS) is 21.1. The molecule has 1 N–H and O–H groups in total. The van der Waals surface area contributed by atoms with Crippen molar-refractivity contribution in [1.29, 1.82) is 0 Å². The van der Waals surface area contributed by atoms with Crippen LogP contribution in [0.3, 0.4) is 0 Å². The van der Waals surface area contributed by atoms with E-state index < -0.39 is 5.60 Å². The van der Waals surface area contributed by atoms with Crippen molar-refractivity contribution in [3.05, 3.63) is 28.3 Å². The van der Waals surface area contributed by atoms with E-state index in [0.29, 0.717) is 24.8 Å². The van der Waals surface area contributed by atoms with Gasteiger partial charge in [-0.05, 0) is 30.5 Å². The van der Waals surface area contributed by atoms with Gasteiger partial charge in [0.05, 0.1) is 12.2 Å². The number of hydrogen-bond acceptors (Lipinski definition) is 3. The molecular weight excluding hydrogens is 228 g/mol. The van der Waals surface area contributed by atoms with E-state index in [2.05, 4.69) is 0 Å². The first-order valence-electron chi connectivity index (χ1n) is 5.41. The molecule has 2 aliphatic rings. The molecule has 3 rings (SSSR count). The number of aliphatic hydroxyl groups is 1. The van der Waals surface area contributed by atoms with Gasteiger partial charge in [-0.3, -0.25) is 0 Å². The Bertz CT molecular complexity index is 427. The van der Waals surface area contributed by atoms with Gasteiger partial charge >= 0.3 is 0 Å². The highest BCUT2D eigenvalue weighted by atomic mass is 35.5. The van der Waals surface area contributed by atoms with Gasteiger partial charge in [0.2, 0.25) is 0 Å². The fourth-order valence-electron chi connectivity index (χ4n) is 2.03. The lowest BCUT2D eigenvalue weighted by Gasteiger charge is -2.22. The van der Waals surface area contributed by atoms with Crippen LogP contribution in [0.1, 0.15) is 24.0 Å². The van der Waals surface area contributed by atoms with E-state index in [1.807, 2.05) is 12.1 Å². The summed E-state index contributed by atoms with van der Waals surface area (Å²) in [5, 5.41) is 10.7. The molecule has 0 spiro atoms. The predicted molar refractivity (Wildman–Crippen MR) is 59.6 cm³/mol. The number of benzene rings is 1. The predicted octanol–water partition coefficient (Wildman–Crippen LogP) is 2.27. The zero-order chi connectivity index (χ0) is 11.2. The Kier molecular flexibility index (Phi) is 2.35. The van der Waals surface area contributed by atoms with Gasteiger partial charge in [-0.25, -0.2) is 0 Å². The third-order valence-corrected chi connectivity index (χ3v) is 3.56. The minimum atomic E-state index is -0.545. The Labute approximate surface area is 98.9 Å². The number of ether oxygens (including phenoxy) is 2. The van der Waals surface area contributed by atoms with Crippen molar-refractivity contribution in [3.63, 3.8) is 0 Å². The summed E-state index contributed by atoms with van der Waals surface area (Å²) in [7, 11) is 0. The SMILES string of the molecule is OC1(Cc2c(Cl)ccc3c2COCO3)CC1. The van der Waals surface area contributed by atoms with E-state index in [1.165, 1.54) is 0 Å². The Balaban J connectivity index is 2.00. The van der Waals surface area contributed by atoms with Crippen LogP contribution in [0.2, 0.25) is 5.02 Å². The van der Waals surface area contributed by atoms with Crippen molar-refractivity contribution in [2.75, 3.05) is 6.79 Å². The molecule has 1 aromatic rings. The van der Waals surface area contributed by atoms with E-state index in [1.54, 1.807) is 0 Å². The van der Waals surface area contributed by atoms with Crippen molar-refractivity contribution in [2.45, 2.75) is 31.5 Å². The lowest BCUT2D eigenvalue weighted by Crippen LogP contribution is -2.17. The second-order valence-electron chi connectivity index (χ2n) is 4.51. The molecule has 0 saturated heterocycles. The summed E-state index contributed by atoms with van der Waals surface area (Å²) in [5.41, 5.74) is 1.41. The van der Waals surface area contributed by atoms with Crippen LogP contribution < -0.4 is 4.74 Å². The van der Waals surface area contributed by atoms with Gasteiger partial charge in [-0.15, -0.1) is 0 Å². The Morgan fingerprint density at radius 1 is 1.38 bits per heavy atom. The van der Waals surface area contributed by atoms with Crippen LogP contribution in [-0.2, 0) is 17.8 Å². The highest BCUT2D eigenvalue weighted by molar-refractivity contribution is 6.31. The van der Waals surface area contributed by atoms with Crippen molar-refractivity contribution in [1.82, 2.24) is 0 Å². The van der Waals surface area contributed by atoms with Crippen LogP contribution >= 0.6 is 11.6 Å². The quantitative estimate of drug-likeness (QED) is 0.862. The first-order valence-corrected chi connectivity index (χ1v) is 5.79. The van der Waals surface area contributed by atoms with Crippen molar-refractivity contribution < 1.29 is 14.6 Å². The lowest BCUT2D eigenvalue weighted by molar-refractivity contribution is -0.0171. The Morgan fingerprint density at radius 2 is 2.19 bits per heavy atom. The molecule has 16 heavy (non-hydrogen) atoms. The van der Waals surface area contributed by atoms with Crippen LogP contribution in [0.25, 0.3) is 0 Å². The van der Waals surface area contributed by atoms with Crippen LogP contribution in [-0.4, -0.2) is 17.5 Å². The minimum Gasteiger partial charge on any atom is -0.467 e. The van der Waals surface area contributed by atoms with Gasteiger partial charge in [0, 0.05) is 17.0 Å². The summed E-state index contributed by atoms with van der Waals surface area (Å²) >= 11 is 6.17. The molecule has 4 heteroatoms. The minimum absolute atomic E-state index is 0.290. The molecule has 86 valence electrons. The number of fused-ring (bicyclic) bond motifs is 1. The monoisotopic (exact) mass is 240 g/mol. The molecule has 3 nitrogen and oxygen atoms in total. The zero-order valence-corrected chi connectivity index (χ0v) is 9.59. The highest BCUT2D eigenvalue weighted by Gasteiger charge is 2.41. The molecule has 1 fully saturated rings. The van der Waals surface area contributed by atoms with Gasteiger partial charge in [-0.2, -0.15) is 0 Å². The molecule has 0 unspecified atom stereocenters. The maximum Gasteiger partial charge on any atom is 0.189 e. The second-order valence-corrected chi connectivity index (χ2v) is 4.92. The van der Waals surface area contributed by atoms with Gasteiger partial charge in [0.15, 0.2) is 6.79 Å². The summed E-state index contributed by atoms with van der Waals surface area (Å²) in [6, 6.07) is 3.69. The maximum atomic E-state index is 9.97. The fraction of sp³-hybridized carbons (Fsp3) is 0.500. The van der Waals surface area contributed by atoms with Crippen molar-refractivity contribution in [2.24, 2.45) is 0 Å². The molecule has 0 radical (unpaired) electrons. The summed E-state index contributed by atoms with van der Waals surface area (Å²) in [6.07, 6.45) is 2.31. The summed E-state index contributed by atoms with van der Waals surface area (Å²) in [5.74, 6) is 0.829. The molecule has 1 aliphatic carbocycles. The number of rotatable bonds is 2. The topological polar surface area (TPSA) is 38.7 Å². The summed E-state index contributed by atoms with van der Waals surface area (Å²) < 4.78 is 10.7. The van der Waals surface area contributed by atoms with Crippen LogP contribution in [0, 0.1) is 0 Å². The van der Waals surface area contributed by atoms with E-state index >= 15 is 0 Å². The van der Waals surface area contributed by atoms with E-state index in [0.717, 1.165) is 29.7 Å². The highest BCUT2D eigenvalue weighted by Crippen LogP contribution is 2.42. The third kappa shape index (κ3) is 1.79. The first-order chi connectivity index (χ1) is 7.68. The van der Waals surface area contributed by atoms with E-state index in [4.69, 9.17) is 21.1 Å². The molecule has 1 heterocycles. The lowest BCUT2D eigenvalue weighted by atomic mass is 9.99. The van der Waals surface area contributed by atoms with Gasteiger partial charge in [0.1, 0.15) is 5.75 Å². The molecule has 0 atom stereocenters. The third-order valence-electron chi connectivity index (χ3n) is 3.21. The van der Waals surface area contributed by atoms with Crippen LogP contribution in [0.4, 0.5) is 0 Å². The van der Waals surface area contributed by atoms with Crippen molar-refractivity contribution >= 4 is 11.6 Å². The van der Waals surface area contributed by atoms with Gasteiger partial charge < -0.3 is 14.6 Å². The zero-order valence-electron chi connectivity index (χ0n) is 8.83. The molecule has 0 aromatic heterocycles. The number of hydrogen-bond donors (Lipinski definition) is 1.